The molecule has 1 aliphatic heterocycles. The molecule has 1 aromatic carbocycles. The molecule has 1 amide bonds. The van der Waals surface area contributed by atoms with Gasteiger partial charge in [0, 0.05) is 23.8 Å². The Kier molecular flexibility index (Phi) is 5.30. The largest absolute Gasteiger partial charge is 0.338 e. The highest BCUT2D eigenvalue weighted by atomic mass is 35.5. The maximum absolute atomic E-state index is 12.5. The molecule has 3 rings (SSSR count). The number of halogens is 1. The predicted octanol–water partition coefficient (Wildman–Crippen LogP) is 4.20. The van der Waals surface area contributed by atoms with E-state index >= 15 is 0 Å². The van der Waals surface area contributed by atoms with E-state index in [0.29, 0.717) is 16.5 Å². The lowest BCUT2D eigenvalue weighted by molar-refractivity contribution is 0.0754. The van der Waals surface area contributed by atoms with Crippen LogP contribution < -0.4 is 5.32 Å². The average Bonchev–Trinajstić information content (AvgIpc) is 2.88. The van der Waals surface area contributed by atoms with Gasteiger partial charge in [-0.15, -0.1) is 10.2 Å². The fourth-order valence-corrected chi connectivity index (χ4v) is 3.00. The van der Waals surface area contributed by atoms with E-state index in [0.717, 1.165) is 37.2 Å². The summed E-state index contributed by atoms with van der Waals surface area (Å²) in [4.78, 5) is 14.4. The van der Waals surface area contributed by atoms with Gasteiger partial charge in [0.15, 0.2) is 11.5 Å². The molecular formula is C18H21ClN4O. The van der Waals surface area contributed by atoms with Crippen molar-refractivity contribution in [2.24, 2.45) is 0 Å². The topological polar surface area (TPSA) is 58.1 Å². The van der Waals surface area contributed by atoms with Gasteiger partial charge in [-0.05, 0) is 49.6 Å². The first-order valence-corrected chi connectivity index (χ1v) is 8.68. The second-order valence-electron chi connectivity index (χ2n) is 6.05. The van der Waals surface area contributed by atoms with Gasteiger partial charge in [0.05, 0.1) is 0 Å². The fourth-order valence-electron chi connectivity index (χ4n) is 2.83. The summed E-state index contributed by atoms with van der Waals surface area (Å²) in [7, 11) is 0. The molecule has 1 N–H and O–H groups in total. The molecule has 0 bridgehead atoms. The van der Waals surface area contributed by atoms with Crippen LogP contribution >= 0.6 is 11.6 Å². The Bertz CT molecular complexity index is 709. The van der Waals surface area contributed by atoms with Crippen LogP contribution in [-0.4, -0.2) is 34.1 Å². The smallest absolute Gasteiger partial charge is 0.274 e. The average molecular weight is 345 g/mol. The highest BCUT2D eigenvalue weighted by molar-refractivity contribution is 6.31. The molecule has 0 aliphatic carbocycles. The minimum atomic E-state index is -0.0325. The third-order valence-corrected chi connectivity index (χ3v) is 4.72. The summed E-state index contributed by atoms with van der Waals surface area (Å²) < 4.78 is 0. The molecule has 0 saturated carbocycles. The maximum Gasteiger partial charge on any atom is 0.274 e. The fraction of sp³-hybridized carbons (Fsp3) is 0.389. The molecular weight excluding hydrogens is 324 g/mol. The molecule has 5 nitrogen and oxygen atoms in total. The van der Waals surface area contributed by atoms with Gasteiger partial charge in [-0.2, -0.15) is 0 Å². The van der Waals surface area contributed by atoms with Crippen LogP contribution in [0.1, 0.15) is 41.7 Å². The lowest BCUT2D eigenvalue weighted by Crippen LogP contribution is -2.32. The van der Waals surface area contributed by atoms with Crippen LogP contribution in [0.15, 0.2) is 30.3 Å². The van der Waals surface area contributed by atoms with E-state index < -0.39 is 0 Å². The van der Waals surface area contributed by atoms with Gasteiger partial charge in [-0.25, -0.2) is 0 Å². The monoisotopic (exact) mass is 344 g/mol. The number of aromatic nitrogens is 2. The molecule has 1 saturated heterocycles. The van der Waals surface area contributed by atoms with Crippen LogP contribution in [-0.2, 0) is 0 Å². The lowest BCUT2D eigenvalue weighted by Gasteiger charge is -2.19. The Labute approximate surface area is 147 Å². The van der Waals surface area contributed by atoms with Crippen LogP contribution in [0.2, 0.25) is 5.02 Å². The van der Waals surface area contributed by atoms with Crippen molar-refractivity contribution in [3.05, 3.63) is 46.6 Å². The molecule has 0 radical (unpaired) electrons. The van der Waals surface area contributed by atoms with Gasteiger partial charge in [-0.3, -0.25) is 4.79 Å². The Hall–Kier alpha value is -2.14. The van der Waals surface area contributed by atoms with E-state index in [1.54, 1.807) is 12.1 Å². The third-order valence-electron chi connectivity index (χ3n) is 4.31. The zero-order valence-electron chi connectivity index (χ0n) is 13.8. The highest BCUT2D eigenvalue weighted by Crippen LogP contribution is 2.25. The Morgan fingerprint density at radius 3 is 2.50 bits per heavy atom. The number of hydrogen-bond acceptors (Lipinski definition) is 4. The van der Waals surface area contributed by atoms with Crippen molar-refractivity contribution in [2.45, 2.75) is 32.6 Å². The highest BCUT2D eigenvalue weighted by Gasteiger charge is 2.18. The van der Waals surface area contributed by atoms with Crippen LogP contribution in [0.5, 0.6) is 0 Å². The Morgan fingerprint density at radius 1 is 1.08 bits per heavy atom. The summed E-state index contributed by atoms with van der Waals surface area (Å²) in [5, 5.41) is 12.1. The first-order chi connectivity index (χ1) is 11.6. The number of rotatable bonds is 3. The number of anilines is 2. The van der Waals surface area contributed by atoms with Crippen LogP contribution in [0.3, 0.4) is 0 Å². The summed E-state index contributed by atoms with van der Waals surface area (Å²) in [5.41, 5.74) is 2.22. The summed E-state index contributed by atoms with van der Waals surface area (Å²) in [6.07, 6.45) is 4.51. The number of likely N-dealkylation sites (tertiary alicyclic amines) is 1. The van der Waals surface area contributed by atoms with Crippen molar-refractivity contribution in [2.75, 3.05) is 18.4 Å². The zero-order chi connectivity index (χ0) is 16.9. The SMILES string of the molecule is Cc1c(Cl)cccc1Nc1ccc(C(=O)N2CCCCCC2)nn1. The third kappa shape index (κ3) is 3.85. The van der Waals surface area contributed by atoms with E-state index in [-0.39, 0.29) is 5.91 Å². The Morgan fingerprint density at radius 2 is 1.83 bits per heavy atom. The first-order valence-electron chi connectivity index (χ1n) is 8.30. The number of amides is 1. The number of nitrogens with zero attached hydrogens (tertiary/aromatic N) is 3. The summed E-state index contributed by atoms with van der Waals surface area (Å²) in [6, 6.07) is 9.15. The molecule has 1 fully saturated rings. The summed E-state index contributed by atoms with van der Waals surface area (Å²) >= 11 is 6.12. The number of carbonyl (C=O) groups is 1. The molecule has 24 heavy (non-hydrogen) atoms. The maximum atomic E-state index is 12.5. The number of nitrogens with one attached hydrogen (secondary N) is 1. The van der Waals surface area contributed by atoms with Crippen molar-refractivity contribution in [3.8, 4) is 0 Å². The predicted molar refractivity (Wildman–Crippen MR) is 95.9 cm³/mol. The summed E-state index contributed by atoms with van der Waals surface area (Å²) in [6.45, 7) is 3.56. The molecule has 0 atom stereocenters. The van der Waals surface area contributed by atoms with Crippen LogP contribution in [0.25, 0.3) is 0 Å². The Balaban J connectivity index is 1.71. The minimum Gasteiger partial charge on any atom is -0.338 e. The molecule has 6 heteroatoms. The van der Waals surface area contributed by atoms with Gasteiger partial charge in [-0.1, -0.05) is 30.5 Å². The second kappa shape index (κ2) is 7.62. The van der Waals surface area contributed by atoms with Crippen LogP contribution in [0.4, 0.5) is 11.5 Å². The number of hydrogen-bond donors (Lipinski definition) is 1. The van der Waals surface area contributed by atoms with Crippen molar-refractivity contribution < 1.29 is 4.79 Å². The first kappa shape index (κ1) is 16.7. The number of benzene rings is 1. The van der Waals surface area contributed by atoms with Gasteiger partial charge >= 0.3 is 0 Å². The standard InChI is InChI=1S/C18H21ClN4O/c1-13-14(19)7-6-8-15(13)20-17-10-9-16(21-22-17)18(24)23-11-4-2-3-5-12-23/h6-10H,2-5,11-12H2,1H3,(H,20,22). The quantitative estimate of drug-likeness (QED) is 0.906. The normalized spacial score (nSPS) is 15.0. The van der Waals surface area contributed by atoms with Gasteiger partial charge in [0.2, 0.25) is 0 Å². The molecule has 0 unspecified atom stereocenters. The minimum absolute atomic E-state index is 0.0325. The van der Waals surface area contributed by atoms with E-state index in [1.165, 1.54) is 12.8 Å². The summed E-state index contributed by atoms with van der Waals surface area (Å²) in [5.74, 6) is 0.558. The molecule has 1 aliphatic rings. The van der Waals surface area contributed by atoms with Crippen molar-refractivity contribution in [1.29, 1.82) is 0 Å². The van der Waals surface area contributed by atoms with E-state index in [9.17, 15) is 4.79 Å². The van der Waals surface area contributed by atoms with Gasteiger partial charge < -0.3 is 10.2 Å². The van der Waals surface area contributed by atoms with Gasteiger partial charge in [0.1, 0.15) is 0 Å². The number of carbonyl (C=O) groups excluding carboxylic acids is 1. The molecule has 0 spiro atoms. The molecule has 2 aromatic rings. The van der Waals surface area contributed by atoms with Crippen molar-refractivity contribution in [3.63, 3.8) is 0 Å². The second-order valence-corrected chi connectivity index (χ2v) is 6.45. The molecule has 1 aromatic heterocycles. The van der Waals surface area contributed by atoms with E-state index in [1.807, 2.05) is 30.0 Å². The molecule has 2 heterocycles. The van der Waals surface area contributed by atoms with Gasteiger partial charge in [0.25, 0.3) is 5.91 Å². The zero-order valence-corrected chi connectivity index (χ0v) is 14.5. The lowest BCUT2D eigenvalue weighted by atomic mass is 10.2. The van der Waals surface area contributed by atoms with Crippen molar-refractivity contribution >= 4 is 29.0 Å². The van der Waals surface area contributed by atoms with Crippen LogP contribution in [0, 0.1) is 6.92 Å². The van der Waals surface area contributed by atoms with E-state index in [4.69, 9.17) is 11.6 Å². The van der Waals surface area contributed by atoms with Crippen molar-refractivity contribution in [1.82, 2.24) is 15.1 Å². The molecule has 126 valence electrons. The van der Waals surface area contributed by atoms with E-state index in [2.05, 4.69) is 15.5 Å².